The van der Waals surface area contributed by atoms with E-state index in [1.165, 1.54) is 0 Å². The van der Waals surface area contributed by atoms with Crippen LogP contribution in [0.1, 0.15) is 25.0 Å². The highest BCUT2D eigenvalue weighted by Crippen LogP contribution is 2.32. The molecule has 1 aliphatic heterocycles. The van der Waals surface area contributed by atoms with Gasteiger partial charge in [0.2, 0.25) is 0 Å². The molecule has 0 radical (unpaired) electrons. The molecular formula is C26H28N4O3. The molecule has 2 unspecified atom stereocenters. The second kappa shape index (κ2) is 9.31. The summed E-state index contributed by atoms with van der Waals surface area (Å²) in [6.07, 6.45) is 1.98. The molecule has 2 aromatic heterocycles. The Bertz CT molecular complexity index is 1230. The van der Waals surface area contributed by atoms with Crippen molar-refractivity contribution in [1.82, 2.24) is 15.2 Å². The van der Waals surface area contributed by atoms with Crippen LogP contribution in [-0.4, -0.2) is 57.8 Å². The number of aromatic amines is 1. The van der Waals surface area contributed by atoms with E-state index in [1.54, 1.807) is 6.92 Å². The minimum atomic E-state index is -0.478. The monoisotopic (exact) mass is 444 g/mol. The number of anilines is 1. The Morgan fingerprint density at radius 1 is 1.09 bits per heavy atom. The second-order valence-electron chi connectivity index (χ2n) is 8.48. The number of rotatable bonds is 6. The van der Waals surface area contributed by atoms with Crippen LogP contribution < -0.4 is 4.90 Å². The van der Waals surface area contributed by atoms with Crippen molar-refractivity contribution in [2.24, 2.45) is 0 Å². The summed E-state index contributed by atoms with van der Waals surface area (Å²) in [7, 11) is 0. The van der Waals surface area contributed by atoms with Crippen LogP contribution in [0.2, 0.25) is 0 Å². The van der Waals surface area contributed by atoms with Crippen LogP contribution in [0.3, 0.4) is 0 Å². The van der Waals surface area contributed by atoms with Gasteiger partial charge in [0.15, 0.2) is 0 Å². The smallest absolute Gasteiger partial charge is 0.129 e. The highest BCUT2D eigenvalue weighted by atomic mass is 16.5. The summed E-state index contributed by atoms with van der Waals surface area (Å²) in [6, 6.07) is 18.3. The molecule has 1 aliphatic rings. The zero-order chi connectivity index (χ0) is 22.8. The molecule has 0 amide bonds. The van der Waals surface area contributed by atoms with Crippen molar-refractivity contribution in [3.05, 3.63) is 66.4 Å². The number of hydrogen-bond donors (Lipinski definition) is 3. The molecule has 2 atom stereocenters. The normalized spacial score (nSPS) is 17.4. The minimum absolute atomic E-state index is 0.0168. The van der Waals surface area contributed by atoms with Gasteiger partial charge in [0.05, 0.1) is 24.3 Å². The van der Waals surface area contributed by atoms with E-state index < -0.39 is 6.10 Å². The SMILES string of the molecule is CC(O)c1ccc(-c2ccc3[nH]nc(-c4ccnc(N5CCOC(CCO)C5)c4)c3c2)cc1. The summed E-state index contributed by atoms with van der Waals surface area (Å²) in [5.41, 5.74) is 5.94. The molecule has 3 N–H and O–H groups in total. The minimum Gasteiger partial charge on any atom is -0.396 e. The fourth-order valence-electron chi connectivity index (χ4n) is 4.35. The van der Waals surface area contributed by atoms with E-state index in [1.807, 2.05) is 42.6 Å². The summed E-state index contributed by atoms with van der Waals surface area (Å²) in [4.78, 5) is 6.79. The van der Waals surface area contributed by atoms with E-state index in [9.17, 15) is 10.2 Å². The van der Waals surface area contributed by atoms with Gasteiger partial charge in [0.1, 0.15) is 11.5 Å². The van der Waals surface area contributed by atoms with Crippen LogP contribution in [0, 0.1) is 0 Å². The fraction of sp³-hybridized carbons (Fsp3) is 0.308. The number of nitrogens with zero attached hydrogens (tertiary/aromatic N) is 3. The van der Waals surface area contributed by atoms with Crippen LogP contribution in [0.4, 0.5) is 5.82 Å². The van der Waals surface area contributed by atoms with E-state index >= 15 is 0 Å². The Balaban J connectivity index is 1.46. The van der Waals surface area contributed by atoms with E-state index in [2.05, 4.69) is 38.3 Å². The molecular weight excluding hydrogens is 416 g/mol. The van der Waals surface area contributed by atoms with E-state index in [-0.39, 0.29) is 12.7 Å². The van der Waals surface area contributed by atoms with Gasteiger partial charge in [-0.2, -0.15) is 5.10 Å². The maximum atomic E-state index is 9.78. The number of fused-ring (bicyclic) bond motifs is 1. The number of pyridine rings is 1. The van der Waals surface area contributed by atoms with Crippen molar-refractivity contribution >= 4 is 16.7 Å². The summed E-state index contributed by atoms with van der Waals surface area (Å²) in [5.74, 6) is 0.889. The largest absolute Gasteiger partial charge is 0.396 e. The third-order valence-corrected chi connectivity index (χ3v) is 6.22. The Kier molecular flexibility index (Phi) is 6.09. The third-order valence-electron chi connectivity index (χ3n) is 6.22. The zero-order valence-electron chi connectivity index (χ0n) is 18.6. The molecule has 7 heteroatoms. The van der Waals surface area contributed by atoms with Crippen LogP contribution in [0.5, 0.6) is 0 Å². The maximum Gasteiger partial charge on any atom is 0.129 e. The molecule has 4 aromatic rings. The van der Waals surface area contributed by atoms with Gasteiger partial charge in [-0.05, 0) is 54.3 Å². The van der Waals surface area contributed by atoms with Crippen molar-refractivity contribution in [2.75, 3.05) is 31.2 Å². The third kappa shape index (κ3) is 4.48. The molecule has 170 valence electrons. The summed E-state index contributed by atoms with van der Waals surface area (Å²) < 4.78 is 5.75. The first-order valence-corrected chi connectivity index (χ1v) is 11.3. The van der Waals surface area contributed by atoms with E-state index in [0.29, 0.717) is 19.6 Å². The first-order chi connectivity index (χ1) is 16.1. The molecule has 1 saturated heterocycles. The topological polar surface area (TPSA) is 94.5 Å². The highest BCUT2D eigenvalue weighted by Gasteiger charge is 2.22. The molecule has 7 nitrogen and oxygen atoms in total. The molecule has 0 bridgehead atoms. The number of aliphatic hydroxyl groups is 2. The molecule has 1 fully saturated rings. The predicted octanol–water partition coefficient (Wildman–Crippen LogP) is 3.93. The van der Waals surface area contributed by atoms with Gasteiger partial charge in [0.25, 0.3) is 0 Å². The van der Waals surface area contributed by atoms with Gasteiger partial charge >= 0.3 is 0 Å². The highest BCUT2D eigenvalue weighted by molar-refractivity contribution is 5.96. The Morgan fingerprint density at radius 3 is 2.70 bits per heavy atom. The molecule has 33 heavy (non-hydrogen) atoms. The molecule has 0 spiro atoms. The van der Waals surface area contributed by atoms with Crippen molar-refractivity contribution in [3.63, 3.8) is 0 Å². The fourth-order valence-corrected chi connectivity index (χ4v) is 4.35. The molecule has 2 aromatic carbocycles. The van der Waals surface area contributed by atoms with Gasteiger partial charge in [-0.25, -0.2) is 4.98 Å². The lowest BCUT2D eigenvalue weighted by Crippen LogP contribution is -2.43. The summed E-state index contributed by atoms with van der Waals surface area (Å²) in [6.45, 7) is 4.00. The summed E-state index contributed by atoms with van der Waals surface area (Å²) in [5, 5.41) is 27.8. The standard InChI is InChI=1S/C26H28N4O3/c1-17(32)18-2-4-19(5-3-18)20-6-7-24-23(14-20)26(29-28-24)21-8-10-27-25(15-21)30-11-13-33-22(16-30)9-12-31/h2-8,10,14-15,17,22,31-32H,9,11-13,16H2,1H3,(H,28,29). The Labute approximate surface area is 192 Å². The van der Waals surface area contributed by atoms with Crippen LogP contribution in [0.25, 0.3) is 33.3 Å². The number of aromatic nitrogens is 3. The Hall–Kier alpha value is -3.26. The van der Waals surface area contributed by atoms with Gasteiger partial charge in [0, 0.05) is 36.8 Å². The summed E-state index contributed by atoms with van der Waals surface area (Å²) >= 11 is 0. The van der Waals surface area contributed by atoms with E-state index in [4.69, 9.17) is 4.74 Å². The Morgan fingerprint density at radius 2 is 1.91 bits per heavy atom. The number of H-pyrrole nitrogens is 1. The van der Waals surface area contributed by atoms with Crippen molar-refractivity contribution in [2.45, 2.75) is 25.6 Å². The number of hydrogen-bond acceptors (Lipinski definition) is 6. The first-order valence-electron chi connectivity index (χ1n) is 11.3. The molecule has 0 saturated carbocycles. The molecule has 3 heterocycles. The van der Waals surface area contributed by atoms with Gasteiger partial charge < -0.3 is 19.8 Å². The predicted molar refractivity (Wildman–Crippen MR) is 129 cm³/mol. The lowest BCUT2D eigenvalue weighted by molar-refractivity contribution is 0.0244. The van der Waals surface area contributed by atoms with Crippen LogP contribution >= 0.6 is 0 Å². The number of morpholine rings is 1. The van der Waals surface area contributed by atoms with Crippen molar-refractivity contribution in [1.29, 1.82) is 0 Å². The number of ether oxygens (including phenoxy) is 1. The number of benzene rings is 2. The lowest BCUT2D eigenvalue weighted by atomic mass is 9.99. The van der Waals surface area contributed by atoms with E-state index in [0.717, 1.165) is 51.2 Å². The molecule has 5 rings (SSSR count). The van der Waals surface area contributed by atoms with Gasteiger partial charge in [-0.3, -0.25) is 5.10 Å². The maximum absolute atomic E-state index is 9.78. The zero-order valence-corrected chi connectivity index (χ0v) is 18.6. The van der Waals surface area contributed by atoms with Crippen LogP contribution in [-0.2, 0) is 4.74 Å². The lowest BCUT2D eigenvalue weighted by Gasteiger charge is -2.33. The number of nitrogens with one attached hydrogen (secondary N) is 1. The second-order valence-corrected chi connectivity index (χ2v) is 8.48. The van der Waals surface area contributed by atoms with Gasteiger partial charge in [-0.1, -0.05) is 30.3 Å². The van der Waals surface area contributed by atoms with Crippen molar-refractivity contribution < 1.29 is 14.9 Å². The average Bonchev–Trinajstić information content (AvgIpc) is 3.28. The first kappa shape index (κ1) is 21.6. The van der Waals surface area contributed by atoms with Crippen LogP contribution in [0.15, 0.2) is 60.8 Å². The van der Waals surface area contributed by atoms with Crippen molar-refractivity contribution in [3.8, 4) is 22.4 Å². The quantitative estimate of drug-likeness (QED) is 0.417. The molecule has 0 aliphatic carbocycles. The average molecular weight is 445 g/mol. The van der Waals surface area contributed by atoms with Gasteiger partial charge in [-0.15, -0.1) is 0 Å². The number of aliphatic hydroxyl groups excluding tert-OH is 2.